The molecule has 1 aliphatic heterocycles. The number of aliphatic imine (C=N–C) groups is 2. The van der Waals surface area contributed by atoms with Gasteiger partial charge in [0.2, 0.25) is 6.29 Å². The Morgan fingerprint density at radius 3 is 1.84 bits per heavy atom. The maximum Gasteiger partial charge on any atom is 0.224 e. The van der Waals surface area contributed by atoms with E-state index in [0.29, 0.717) is 5.02 Å². The van der Waals surface area contributed by atoms with E-state index in [1.54, 1.807) is 0 Å². The fourth-order valence-electron chi connectivity index (χ4n) is 4.28. The predicted molar refractivity (Wildman–Crippen MR) is 133 cm³/mol. The Kier molecular flexibility index (Phi) is 4.51. The van der Waals surface area contributed by atoms with E-state index >= 15 is 0 Å². The highest BCUT2D eigenvalue weighted by molar-refractivity contribution is 6.31. The number of nitrogens with zero attached hydrogens (tertiary/aromatic N) is 3. The number of halogens is 1. The molecule has 1 atom stereocenters. The van der Waals surface area contributed by atoms with Crippen molar-refractivity contribution in [2.75, 3.05) is 0 Å². The minimum absolute atomic E-state index is 0.453. The molecule has 0 saturated heterocycles. The summed E-state index contributed by atoms with van der Waals surface area (Å²) in [7, 11) is 0. The quantitative estimate of drug-likeness (QED) is 0.350. The van der Waals surface area contributed by atoms with E-state index in [-0.39, 0.29) is 0 Å². The predicted octanol–water partition coefficient (Wildman–Crippen LogP) is 6.40. The van der Waals surface area contributed by atoms with Crippen LogP contribution < -0.4 is 5.32 Å². The summed E-state index contributed by atoms with van der Waals surface area (Å²) in [6.45, 7) is 0. The molecule has 6 rings (SSSR count). The number of rotatable bonds is 3. The minimum Gasteiger partial charge on any atom is -0.324 e. The van der Waals surface area contributed by atoms with Gasteiger partial charge in [0.05, 0.1) is 11.0 Å². The third kappa shape index (κ3) is 3.17. The van der Waals surface area contributed by atoms with E-state index in [9.17, 15) is 0 Å². The number of hydrogen-bond acceptors (Lipinski definition) is 3. The Labute approximate surface area is 190 Å². The molecule has 4 nitrogen and oxygen atoms in total. The Bertz CT molecular complexity index is 1460. The van der Waals surface area contributed by atoms with Gasteiger partial charge in [0, 0.05) is 26.9 Å². The van der Waals surface area contributed by atoms with Crippen LogP contribution in [-0.2, 0) is 0 Å². The number of para-hydroxylation sites is 2. The number of nitrogens with one attached hydrogen (secondary N) is 1. The van der Waals surface area contributed by atoms with Crippen molar-refractivity contribution >= 4 is 45.1 Å². The van der Waals surface area contributed by atoms with Crippen LogP contribution in [0.15, 0.2) is 113 Å². The first-order chi connectivity index (χ1) is 15.8. The van der Waals surface area contributed by atoms with Crippen LogP contribution in [0.25, 0.3) is 21.8 Å². The highest BCUT2D eigenvalue weighted by Crippen LogP contribution is 2.33. The van der Waals surface area contributed by atoms with Crippen LogP contribution >= 0.6 is 11.6 Å². The van der Waals surface area contributed by atoms with Crippen LogP contribution in [0.1, 0.15) is 17.4 Å². The molecule has 154 valence electrons. The zero-order valence-corrected chi connectivity index (χ0v) is 17.9. The molecule has 0 fully saturated rings. The van der Waals surface area contributed by atoms with E-state index in [1.807, 2.05) is 42.5 Å². The van der Waals surface area contributed by atoms with Crippen LogP contribution in [0.5, 0.6) is 0 Å². The van der Waals surface area contributed by atoms with Crippen molar-refractivity contribution in [2.24, 2.45) is 9.98 Å². The van der Waals surface area contributed by atoms with E-state index in [0.717, 1.165) is 33.8 Å². The van der Waals surface area contributed by atoms with Crippen molar-refractivity contribution < 1.29 is 0 Å². The lowest BCUT2D eigenvalue weighted by atomic mass is 10.1. The monoisotopic (exact) mass is 434 g/mol. The second-order valence-electron chi connectivity index (χ2n) is 7.71. The molecular weight excluding hydrogens is 416 g/mol. The molecule has 2 heterocycles. The maximum absolute atomic E-state index is 6.29. The first-order valence-corrected chi connectivity index (χ1v) is 10.9. The van der Waals surface area contributed by atoms with E-state index in [2.05, 4.69) is 70.5 Å². The third-order valence-electron chi connectivity index (χ3n) is 5.72. The highest BCUT2D eigenvalue weighted by Gasteiger charge is 2.23. The lowest BCUT2D eigenvalue weighted by molar-refractivity contribution is 0.575. The summed E-state index contributed by atoms with van der Waals surface area (Å²) >= 11 is 6.29. The molecule has 0 bridgehead atoms. The summed E-state index contributed by atoms with van der Waals surface area (Å²) in [6, 6.07) is 34.7. The normalized spacial score (nSPS) is 16.0. The van der Waals surface area contributed by atoms with Gasteiger partial charge < -0.3 is 5.32 Å². The molecule has 1 aromatic heterocycles. The lowest BCUT2D eigenvalue weighted by Crippen LogP contribution is -2.36. The first kappa shape index (κ1) is 18.8. The fourth-order valence-corrected chi connectivity index (χ4v) is 4.47. The summed E-state index contributed by atoms with van der Waals surface area (Å²) in [6.07, 6.45) is -0.453. The van der Waals surface area contributed by atoms with Crippen LogP contribution in [0.3, 0.4) is 0 Å². The van der Waals surface area contributed by atoms with Crippen LogP contribution in [0.4, 0.5) is 0 Å². The van der Waals surface area contributed by atoms with Crippen molar-refractivity contribution in [3.8, 4) is 0 Å². The van der Waals surface area contributed by atoms with Crippen LogP contribution in [0, 0.1) is 0 Å². The van der Waals surface area contributed by atoms with Crippen molar-refractivity contribution in [1.82, 2.24) is 9.88 Å². The molecule has 0 amide bonds. The fraction of sp³-hybridized carbons (Fsp3) is 0.0370. The molecule has 1 aliphatic rings. The van der Waals surface area contributed by atoms with E-state index in [1.165, 1.54) is 10.8 Å². The molecule has 32 heavy (non-hydrogen) atoms. The summed E-state index contributed by atoms with van der Waals surface area (Å²) < 4.78 is 2.21. The van der Waals surface area contributed by atoms with Crippen molar-refractivity contribution in [2.45, 2.75) is 6.29 Å². The molecule has 0 saturated carbocycles. The number of hydrogen-bond donors (Lipinski definition) is 1. The van der Waals surface area contributed by atoms with Gasteiger partial charge in [-0.25, -0.2) is 9.98 Å². The zero-order chi connectivity index (χ0) is 21.5. The topological polar surface area (TPSA) is 41.7 Å². The number of benzene rings is 4. The van der Waals surface area contributed by atoms with Gasteiger partial charge in [-0.2, -0.15) is 0 Å². The number of fused-ring (bicyclic) bond motifs is 3. The lowest BCUT2D eigenvalue weighted by Gasteiger charge is -2.24. The van der Waals surface area contributed by atoms with E-state index in [4.69, 9.17) is 21.6 Å². The average Bonchev–Trinajstić information content (AvgIpc) is 3.19. The Balaban J connectivity index is 1.60. The molecule has 1 N–H and O–H groups in total. The third-order valence-corrected chi connectivity index (χ3v) is 5.95. The Hall–Kier alpha value is -3.89. The van der Waals surface area contributed by atoms with Gasteiger partial charge >= 0.3 is 0 Å². The van der Waals surface area contributed by atoms with Gasteiger partial charge in [-0.15, -0.1) is 0 Å². The van der Waals surface area contributed by atoms with Gasteiger partial charge in [0.25, 0.3) is 0 Å². The second kappa shape index (κ2) is 7.66. The standard InChI is InChI=1S/C27H19ClN4/c28-20-12-8-11-19(17-20)26-29-25(18-9-2-1-3-10-18)30-27(31-26)32-23-15-6-4-13-21(23)22-14-5-7-16-24(22)32/h1-17,27H,(H,29,30,31). The summed E-state index contributed by atoms with van der Waals surface area (Å²) in [5.74, 6) is 1.52. The maximum atomic E-state index is 6.29. The summed E-state index contributed by atoms with van der Waals surface area (Å²) in [5, 5.41) is 6.48. The number of aromatic nitrogens is 1. The summed E-state index contributed by atoms with van der Waals surface area (Å²) in [5.41, 5.74) is 4.14. The minimum atomic E-state index is -0.453. The SMILES string of the molecule is Clc1cccc(C2=NC(n3c4ccccc4c4ccccc43)N=C(c3ccccc3)N2)c1. The van der Waals surface area contributed by atoms with Gasteiger partial charge in [0.1, 0.15) is 11.7 Å². The van der Waals surface area contributed by atoms with Gasteiger partial charge in [0.15, 0.2) is 0 Å². The smallest absolute Gasteiger partial charge is 0.224 e. The van der Waals surface area contributed by atoms with Gasteiger partial charge in [-0.3, -0.25) is 4.57 Å². The Morgan fingerprint density at radius 2 is 1.19 bits per heavy atom. The molecule has 1 unspecified atom stereocenters. The molecule has 5 aromatic rings. The van der Waals surface area contributed by atoms with Gasteiger partial charge in [-0.1, -0.05) is 90.5 Å². The molecular formula is C27H19ClN4. The van der Waals surface area contributed by atoms with Crippen LogP contribution in [0.2, 0.25) is 5.02 Å². The molecule has 0 aliphatic carbocycles. The number of amidine groups is 2. The molecule has 5 heteroatoms. The molecule has 4 aromatic carbocycles. The van der Waals surface area contributed by atoms with Crippen molar-refractivity contribution in [1.29, 1.82) is 0 Å². The Morgan fingerprint density at radius 1 is 0.625 bits per heavy atom. The first-order valence-electron chi connectivity index (χ1n) is 10.5. The largest absolute Gasteiger partial charge is 0.324 e. The van der Waals surface area contributed by atoms with Crippen molar-refractivity contribution in [3.05, 3.63) is 119 Å². The van der Waals surface area contributed by atoms with Crippen molar-refractivity contribution in [3.63, 3.8) is 0 Å². The van der Waals surface area contributed by atoms with E-state index < -0.39 is 6.29 Å². The molecule has 0 radical (unpaired) electrons. The zero-order valence-electron chi connectivity index (χ0n) is 17.1. The highest BCUT2D eigenvalue weighted by atomic mass is 35.5. The second-order valence-corrected chi connectivity index (χ2v) is 8.14. The van der Waals surface area contributed by atoms with Crippen LogP contribution in [-0.4, -0.2) is 16.2 Å². The molecule has 0 spiro atoms. The summed E-state index contributed by atoms with van der Waals surface area (Å²) in [4.78, 5) is 10.1. The average molecular weight is 435 g/mol. The van der Waals surface area contributed by atoms with Gasteiger partial charge in [-0.05, 0) is 24.3 Å².